The van der Waals surface area contributed by atoms with Gasteiger partial charge in [0.15, 0.2) is 0 Å². The Balaban J connectivity index is 0.000000293. The van der Waals surface area contributed by atoms with Gasteiger partial charge < -0.3 is 24.8 Å². The van der Waals surface area contributed by atoms with Gasteiger partial charge >= 0.3 is 167 Å². The van der Waals surface area contributed by atoms with Crippen LogP contribution in [0.2, 0.25) is 0 Å². The van der Waals surface area contributed by atoms with Gasteiger partial charge in [0.2, 0.25) is 0 Å². The van der Waals surface area contributed by atoms with Crippen molar-refractivity contribution < 1.29 is 49.0 Å². The van der Waals surface area contributed by atoms with E-state index in [1.165, 1.54) is 71.9 Å². The minimum atomic E-state index is 0. The number of rotatable bonds is 6. The first kappa shape index (κ1) is 44.9. The summed E-state index contributed by atoms with van der Waals surface area (Å²) in [4.78, 5) is 0. The van der Waals surface area contributed by atoms with Crippen molar-refractivity contribution in [3.05, 3.63) is 159 Å². The summed E-state index contributed by atoms with van der Waals surface area (Å²) < 4.78 is 1.25. The standard InChI is InChI=1S/C21H25.C17H14Cl4.C5H5.2ClH.Zr/c1-20(2,3)16-7-9-18-14(12-16)11-15-13-17(21(4,5)6)8-10-19(15)18;18-8-14-2-12(3-15(6-14)9-19)1-13-4-16(10-20)7-17(5-13)11-21;1-2-4-5-3-1;;;/h7-10,12H,11H2,1-6H3;2-7H,8-11H2;1-5H;2*1H;/q-1;;-1;;;+2/p-2. The Bertz CT molecular complexity index is 1650. The van der Waals surface area contributed by atoms with E-state index in [9.17, 15) is 0 Å². The van der Waals surface area contributed by atoms with Crippen LogP contribution in [0.15, 0.2) is 97.1 Å². The number of halogens is 6. The Kier molecular flexibility index (Phi) is 18.2. The Morgan fingerprint density at radius 2 is 1.10 bits per heavy atom. The second-order valence-electron chi connectivity index (χ2n) is 14.3. The van der Waals surface area contributed by atoms with Crippen LogP contribution in [-0.2, 0) is 65.0 Å². The van der Waals surface area contributed by atoms with E-state index in [0.29, 0.717) is 23.5 Å². The van der Waals surface area contributed by atoms with Crippen molar-refractivity contribution in [3.8, 4) is 11.1 Å². The molecule has 1 aliphatic rings. The van der Waals surface area contributed by atoms with E-state index in [4.69, 9.17) is 46.4 Å². The van der Waals surface area contributed by atoms with Gasteiger partial charge in [-0.25, -0.2) is 12.1 Å². The average molecular weight is 865 g/mol. The van der Waals surface area contributed by atoms with Crippen molar-refractivity contribution in [3.63, 3.8) is 0 Å². The summed E-state index contributed by atoms with van der Waals surface area (Å²) in [6.45, 7) is 13.6. The maximum atomic E-state index is 5.99. The Hall–Kier alpha value is -1.28. The quantitative estimate of drug-likeness (QED) is 0.128. The van der Waals surface area contributed by atoms with Gasteiger partial charge in [-0.1, -0.05) is 65.3 Å². The molecule has 0 saturated heterocycles. The largest absolute Gasteiger partial charge is 1.00 e. The second kappa shape index (κ2) is 20.3. The molecule has 6 rings (SSSR count). The molecule has 0 aromatic heterocycles. The molecular formula is C43H44Cl6Zr-2. The molecule has 0 amide bonds. The monoisotopic (exact) mass is 860 g/mol. The van der Waals surface area contributed by atoms with Crippen molar-refractivity contribution >= 4 is 49.6 Å². The Labute approximate surface area is 347 Å². The van der Waals surface area contributed by atoms with E-state index in [2.05, 4.69) is 102 Å². The molecule has 0 heterocycles. The third-order valence-electron chi connectivity index (χ3n) is 8.32. The Morgan fingerprint density at radius 1 is 0.640 bits per heavy atom. The van der Waals surface area contributed by atoms with Crippen LogP contribution >= 0.6 is 46.4 Å². The summed E-state index contributed by atoms with van der Waals surface area (Å²) in [5.74, 6) is 1.93. The molecule has 0 fully saturated rings. The van der Waals surface area contributed by atoms with Crippen molar-refractivity contribution in [2.75, 3.05) is 0 Å². The second-order valence-corrected chi connectivity index (χ2v) is 16.6. The van der Waals surface area contributed by atoms with Gasteiger partial charge in [-0.2, -0.15) is 42.0 Å². The molecule has 5 aromatic rings. The first-order valence-electron chi connectivity index (χ1n) is 16.2. The van der Waals surface area contributed by atoms with Crippen LogP contribution in [0, 0.1) is 6.07 Å². The van der Waals surface area contributed by atoms with Gasteiger partial charge in [-0.15, -0.1) is 11.1 Å². The molecule has 0 saturated carbocycles. The van der Waals surface area contributed by atoms with Crippen molar-refractivity contribution in [1.29, 1.82) is 0 Å². The molecule has 5 aromatic carbocycles. The van der Waals surface area contributed by atoms with Gasteiger partial charge in [0.1, 0.15) is 0 Å². The van der Waals surface area contributed by atoms with Crippen molar-refractivity contribution in [2.24, 2.45) is 0 Å². The molecule has 0 N–H and O–H groups in total. The molecule has 264 valence electrons. The fraction of sp³-hybridized carbons (Fsp3) is 0.302. The average Bonchev–Trinajstić information content (AvgIpc) is 3.78. The fourth-order valence-electron chi connectivity index (χ4n) is 5.64. The summed E-state index contributed by atoms with van der Waals surface area (Å²) >= 11 is 25.3. The van der Waals surface area contributed by atoms with E-state index in [0.717, 1.165) is 28.7 Å². The summed E-state index contributed by atoms with van der Waals surface area (Å²) in [6.07, 6.45) is 1.03. The summed E-state index contributed by atoms with van der Waals surface area (Å²) in [5, 5.41) is 0. The number of hydrogen-bond donors (Lipinski definition) is 0. The van der Waals surface area contributed by atoms with Gasteiger partial charge in [0.05, 0.1) is 0 Å². The SMILES string of the molecule is CC(C)(C)c1[c-]c2c(cc1)-c1ccc(C(C)(C)C)cc1C2.ClCc1cc(CCl)cc([C](=[Zr+2])c2cc(CCl)cc(CCl)c2)c1.[Cl-].[Cl-].c1cc[cH-]c1. The predicted octanol–water partition coefficient (Wildman–Crippen LogP) is 6.82. The van der Waals surface area contributed by atoms with Gasteiger partial charge in [0.25, 0.3) is 0 Å². The van der Waals surface area contributed by atoms with Gasteiger partial charge in [-0.3, -0.25) is 0 Å². The summed E-state index contributed by atoms with van der Waals surface area (Å²) in [7, 11) is 0. The van der Waals surface area contributed by atoms with Gasteiger partial charge in [-0.05, 0) is 28.4 Å². The minimum absolute atomic E-state index is 0. The minimum Gasteiger partial charge on any atom is -1.00 e. The maximum absolute atomic E-state index is 5.99. The van der Waals surface area contributed by atoms with E-state index in [-0.39, 0.29) is 35.6 Å². The zero-order valence-electron chi connectivity index (χ0n) is 29.5. The molecule has 0 unspecified atom stereocenters. The van der Waals surface area contributed by atoms with Crippen LogP contribution in [-0.4, -0.2) is 3.21 Å². The zero-order chi connectivity index (χ0) is 35.1. The first-order valence-corrected chi connectivity index (χ1v) is 19.6. The third kappa shape index (κ3) is 12.1. The zero-order valence-corrected chi connectivity index (χ0v) is 36.5. The normalized spacial score (nSPS) is 11.4. The first-order chi connectivity index (χ1) is 22.8. The van der Waals surface area contributed by atoms with Crippen LogP contribution in [0.25, 0.3) is 11.1 Å². The summed E-state index contributed by atoms with van der Waals surface area (Å²) in [6, 6.07) is 37.8. The molecule has 50 heavy (non-hydrogen) atoms. The smallest absolute Gasteiger partial charge is 0.172 e. The molecule has 7 heteroatoms. The molecule has 1 aliphatic carbocycles. The van der Waals surface area contributed by atoms with Crippen LogP contribution < -0.4 is 24.8 Å². The number of fused-ring (bicyclic) bond motifs is 3. The number of hydrogen-bond acceptors (Lipinski definition) is 0. The molecule has 0 radical (unpaired) electrons. The van der Waals surface area contributed by atoms with Crippen LogP contribution in [0.1, 0.15) is 97.2 Å². The Morgan fingerprint density at radius 3 is 1.48 bits per heavy atom. The maximum Gasteiger partial charge on any atom is -0.172 e. The fourth-order valence-corrected chi connectivity index (χ4v) is 6.96. The van der Waals surface area contributed by atoms with E-state index >= 15 is 0 Å². The van der Waals surface area contributed by atoms with Crippen molar-refractivity contribution in [1.82, 2.24) is 0 Å². The third-order valence-corrected chi connectivity index (χ3v) is 11.0. The summed E-state index contributed by atoms with van der Waals surface area (Å²) in [5.41, 5.74) is 15.4. The van der Waals surface area contributed by atoms with Gasteiger partial charge in [0, 0.05) is 0 Å². The predicted molar refractivity (Wildman–Crippen MR) is 207 cm³/mol. The molecule has 0 atom stereocenters. The number of benzene rings is 4. The topological polar surface area (TPSA) is 0 Å². The van der Waals surface area contributed by atoms with E-state index < -0.39 is 0 Å². The molecule has 0 aliphatic heterocycles. The molecule has 0 nitrogen and oxygen atoms in total. The molecule has 0 spiro atoms. The van der Waals surface area contributed by atoms with Crippen LogP contribution in [0.3, 0.4) is 0 Å². The number of alkyl halides is 4. The van der Waals surface area contributed by atoms with Crippen LogP contribution in [0.5, 0.6) is 0 Å². The van der Waals surface area contributed by atoms with E-state index in [1.807, 2.05) is 42.5 Å². The molecular weight excluding hydrogens is 820 g/mol. The van der Waals surface area contributed by atoms with Crippen LogP contribution in [0.4, 0.5) is 0 Å². The van der Waals surface area contributed by atoms with E-state index in [1.54, 1.807) is 0 Å². The van der Waals surface area contributed by atoms with Crippen molar-refractivity contribution in [2.45, 2.75) is 82.3 Å². The molecule has 0 bridgehead atoms.